The number of rotatable bonds is 4. The second-order valence-electron chi connectivity index (χ2n) is 3.60. The van der Waals surface area contributed by atoms with Crippen molar-refractivity contribution in [3.63, 3.8) is 0 Å². The molecule has 0 atom stereocenters. The van der Waals surface area contributed by atoms with Gasteiger partial charge in [0.2, 0.25) is 0 Å². The number of hydrogen-bond acceptors (Lipinski definition) is 3. The van der Waals surface area contributed by atoms with Gasteiger partial charge in [0.15, 0.2) is 0 Å². The zero-order valence-corrected chi connectivity index (χ0v) is 9.35. The summed E-state index contributed by atoms with van der Waals surface area (Å²) in [5.41, 5.74) is 3.37. The maximum absolute atomic E-state index is 4.35. The lowest BCUT2D eigenvalue weighted by atomic mass is 10.1. The van der Waals surface area contributed by atoms with Crippen molar-refractivity contribution < 1.29 is 0 Å². The zero-order chi connectivity index (χ0) is 11.2. The van der Waals surface area contributed by atoms with Crippen LogP contribution < -0.4 is 5.32 Å². The first-order valence-electron chi connectivity index (χ1n) is 5.46. The van der Waals surface area contributed by atoms with E-state index in [0.717, 1.165) is 24.3 Å². The van der Waals surface area contributed by atoms with Gasteiger partial charge in [0, 0.05) is 42.9 Å². The highest BCUT2D eigenvalue weighted by Crippen LogP contribution is 2.11. The van der Waals surface area contributed by atoms with E-state index < -0.39 is 0 Å². The van der Waals surface area contributed by atoms with Gasteiger partial charge in [-0.1, -0.05) is 6.07 Å². The van der Waals surface area contributed by atoms with E-state index in [1.165, 1.54) is 5.56 Å². The minimum absolute atomic E-state index is 0.826. The summed E-state index contributed by atoms with van der Waals surface area (Å²) in [5, 5.41) is 3.28. The van der Waals surface area contributed by atoms with Crippen LogP contribution in [0, 0.1) is 0 Å². The molecule has 16 heavy (non-hydrogen) atoms. The molecule has 0 spiro atoms. The largest absolute Gasteiger partial charge is 0.385 e. The Balaban J connectivity index is 2.12. The van der Waals surface area contributed by atoms with Crippen LogP contribution in [0.3, 0.4) is 0 Å². The van der Waals surface area contributed by atoms with Crippen LogP contribution in [0.15, 0.2) is 42.9 Å². The maximum atomic E-state index is 4.35. The van der Waals surface area contributed by atoms with Crippen molar-refractivity contribution in [1.29, 1.82) is 0 Å². The van der Waals surface area contributed by atoms with Gasteiger partial charge >= 0.3 is 0 Å². The Kier molecular flexibility index (Phi) is 3.49. The molecule has 0 aliphatic rings. The molecule has 0 fully saturated rings. The van der Waals surface area contributed by atoms with E-state index in [4.69, 9.17) is 0 Å². The van der Waals surface area contributed by atoms with Crippen LogP contribution in [0.2, 0.25) is 0 Å². The van der Waals surface area contributed by atoms with E-state index in [9.17, 15) is 0 Å². The van der Waals surface area contributed by atoms with Crippen molar-refractivity contribution in [1.82, 2.24) is 9.97 Å². The normalized spacial score (nSPS) is 10.1. The number of anilines is 1. The van der Waals surface area contributed by atoms with Gasteiger partial charge in [0.1, 0.15) is 0 Å². The van der Waals surface area contributed by atoms with Crippen LogP contribution in [0.25, 0.3) is 0 Å². The Labute approximate surface area is 95.6 Å². The highest BCUT2D eigenvalue weighted by molar-refractivity contribution is 5.43. The van der Waals surface area contributed by atoms with Crippen molar-refractivity contribution in [2.45, 2.75) is 13.3 Å². The second kappa shape index (κ2) is 5.26. The first kappa shape index (κ1) is 10.6. The minimum Gasteiger partial charge on any atom is -0.385 e. The van der Waals surface area contributed by atoms with E-state index in [2.05, 4.69) is 34.3 Å². The van der Waals surface area contributed by atoms with Crippen LogP contribution in [-0.4, -0.2) is 16.5 Å². The molecule has 0 saturated heterocycles. The molecule has 2 aromatic heterocycles. The molecule has 0 bridgehead atoms. The molecule has 3 nitrogen and oxygen atoms in total. The summed E-state index contributed by atoms with van der Waals surface area (Å²) < 4.78 is 0. The Morgan fingerprint density at radius 1 is 1.25 bits per heavy atom. The fourth-order valence-electron chi connectivity index (χ4n) is 1.60. The third-order valence-corrected chi connectivity index (χ3v) is 2.31. The molecule has 82 valence electrons. The zero-order valence-electron chi connectivity index (χ0n) is 9.35. The van der Waals surface area contributed by atoms with Gasteiger partial charge in [-0.05, 0) is 30.7 Å². The van der Waals surface area contributed by atoms with Crippen molar-refractivity contribution in [3.8, 4) is 0 Å². The molecule has 0 radical (unpaired) electrons. The van der Waals surface area contributed by atoms with Gasteiger partial charge < -0.3 is 5.32 Å². The van der Waals surface area contributed by atoms with Crippen LogP contribution in [0.5, 0.6) is 0 Å². The fourth-order valence-corrected chi connectivity index (χ4v) is 1.60. The van der Waals surface area contributed by atoms with Crippen molar-refractivity contribution in [2.24, 2.45) is 0 Å². The summed E-state index contributed by atoms with van der Waals surface area (Å²) >= 11 is 0. The highest BCUT2D eigenvalue weighted by atomic mass is 14.9. The SMILES string of the molecule is CCNc1ccnc(Cc2cccnc2)c1. The third kappa shape index (κ3) is 2.79. The highest BCUT2D eigenvalue weighted by Gasteiger charge is 1.98. The third-order valence-electron chi connectivity index (χ3n) is 2.31. The molecule has 0 amide bonds. The van der Waals surface area contributed by atoms with E-state index in [0.29, 0.717) is 0 Å². The summed E-state index contributed by atoms with van der Waals surface area (Å²) in [4.78, 5) is 8.45. The Morgan fingerprint density at radius 3 is 2.94 bits per heavy atom. The lowest BCUT2D eigenvalue weighted by molar-refractivity contribution is 1.05. The standard InChI is InChI=1S/C13H15N3/c1-2-15-12-5-7-16-13(9-12)8-11-4-3-6-14-10-11/h3-7,9-10H,2,8H2,1H3,(H,15,16). The Morgan fingerprint density at radius 2 is 2.19 bits per heavy atom. The van der Waals surface area contributed by atoms with Crippen molar-refractivity contribution in [3.05, 3.63) is 54.1 Å². The summed E-state index contributed by atoms with van der Waals surface area (Å²) in [6, 6.07) is 8.07. The van der Waals surface area contributed by atoms with Gasteiger partial charge in [0.25, 0.3) is 0 Å². The van der Waals surface area contributed by atoms with Gasteiger partial charge in [0.05, 0.1) is 0 Å². The number of hydrogen-bond donors (Lipinski definition) is 1. The molecule has 0 unspecified atom stereocenters. The van der Waals surface area contributed by atoms with Gasteiger partial charge in [-0.15, -0.1) is 0 Å². The molecule has 2 rings (SSSR count). The molecule has 3 heteroatoms. The molecular formula is C13H15N3. The van der Waals surface area contributed by atoms with Crippen LogP contribution >= 0.6 is 0 Å². The maximum Gasteiger partial charge on any atom is 0.0468 e. The fraction of sp³-hybridized carbons (Fsp3) is 0.231. The molecule has 2 heterocycles. The quantitative estimate of drug-likeness (QED) is 0.848. The average Bonchev–Trinajstić information content (AvgIpc) is 2.31. The Hall–Kier alpha value is -1.90. The topological polar surface area (TPSA) is 37.8 Å². The van der Waals surface area contributed by atoms with Crippen molar-refractivity contribution in [2.75, 3.05) is 11.9 Å². The molecule has 0 aliphatic heterocycles. The lowest BCUT2D eigenvalue weighted by Crippen LogP contribution is -1.99. The smallest absolute Gasteiger partial charge is 0.0468 e. The first-order chi connectivity index (χ1) is 7.88. The second-order valence-corrected chi connectivity index (χ2v) is 3.60. The number of nitrogens with zero attached hydrogens (tertiary/aromatic N) is 2. The van der Waals surface area contributed by atoms with E-state index >= 15 is 0 Å². The average molecular weight is 213 g/mol. The predicted octanol–water partition coefficient (Wildman–Crippen LogP) is 2.50. The number of nitrogens with one attached hydrogen (secondary N) is 1. The van der Waals surface area contributed by atoms with E-state index in [1.54, 1.807) is 6.20 Å². The number of aromatic nitrogens is 2. The molecule has 0 aliphatic carbocycles. The lowest BCUT2D eigenvalue weighted by Gasteiger charge is -2.05. The molecular weight excluding hydrogens is 198 g/mol. The first-order valence-corrected chi connectivity index (χ1v) is 5.46. The Bertz CT molecular complexity index is 440. The van der Waals surface area contributed by atoms with Crippen molar-refractivity contribution >= 4 is 5.69 Å². The molecule has 0 aromatic carbocycles. The summed E-state index contributed by atoms with van der Waals surface area (Å²) in [6.45, 7) is 3.01. The van der Waals surface area contributed by atoms with Gasteiger partial charge in [-0.25, -0.2) is 0 Å². The molecule has 0 saturated carbocycles. The molecule has 1 N–H and O–H groups in total. The monoisotopic (exact) mass is 213 g/mol. The predicted molar refractivity (Wildman–Crippen MR) is 65.4 cm³/mol. The molecule has 2 aromatic rings. The summed E-state index contributed by atoms with van der Waals surface area (Å²) in [6.07, 6.45) is 6.32. The van der Waals surface area contributed by atoms with Crippen LogP contribution in [0.1, 0.15) is 18.2 Å². The van der Waals surface area contributed by atoms with E-state index in [-0.39, 0.29) is 0 Å². The number of pyridine rings is 2. The van der Waals surface area contributed by atoms with E-state index in [1.807, 2.05) is 24.5 Å². The van der Waals surface area contributed by atoms with Gasteiger partial charge in [-0.3, -0.25) is 9.97 Å². The van der Waals surface area contributed by atoms with Crippen LogP contribution in [-0.2, 0) is 6.42 Å². The summed E-state index contributed by atoms with van der Waals surface area (Å²) in [7, 11) is 0. The van der Waals surface area contributed by atoms with Gasteiger partial charge in [-0.2, -0.15) is 0 Å². The minimum atomic E-state index is 0.826. The summed E-state index contributed by atoms with van der Waals surface area (Å²) in [5.74, 6) is 0. The van der Waals surface area contributed by atoms with Crippen LogP contribution in [0.4, 0.5) is 5.69 Å².